The highest BCUT2D eigenvalue weighted by atomic mass is 32.2. The molecular weight excluding hydrogens is 363 g/mol. The van der Waals surface area contributed by atoms with Gasteiger partial charge in [0.2, 0.25) is 5.88 Å². The Balaban J connectivity index is 2.68. The summed E-state index contributed by atoms with van der Waals surface area (Å²) < 4.78 is 47.8. The second kappa shape index (κ2) is 7.17. The van der Waals surface area contributed by atoms with E-state index in [1.165, 1.54) is 13.0 Å². The van der Waals surface area contributed by atoms with E-state index in [1.807, 2.05) is 6.07 Å². The van der Waals surface area contributed by atoms with E-state index in [1.54, 1.807) is 6.92 Å². The first-order chi connectivity index (χ1) is 12.1. The van der Waals surface area contributed by atoms with Crippen molar-refractivity contribution in [2.45, 2.75) is 24.7 Å². The van der Waals surface area contributed by atoms with Crippen molar-refractivity contribution < 1.29 is 27.1 Å². The zero-order chi connectivity index (χ0) is 19.6. The molecule has 0 aliphatic carbocycles. The van der Waals surface area contributed by atoms with Crippen molar-refractivity contribution in [2.75, 3.05) is 12.9 Å². The van der Waals surface area contributed by atoms with Gasteiger partial charge in [-0.1, -0.05) is 6.07 Å². The molecule has 1 aliphatic heterocycles. The zero-order valence-electron chi connectivity index (χ0n) is 14.4. The van der Waals surface area contributed by atoms with Crippen LogP contribution in [0.25, 0.3) is 0 Å². The Kier molecular flexibility index (Phi) is 5.37. The SMILES string of the molecule is CCOC(=O)C1=C(C)OC(N)=C(C#N)C1c1ccc(S(C)(=O)=O)c(F)c1. The van der Waals surface area contributed by atoms with Crippen molar-refractivity contribution in [3.8, 4) is 6.07 Å². The number of esters is 1. The minimum absolute atomic E-state index is 0.00380. The van der Waals surface area contributed by atoms with E-state index in [0.29, 0.717) is 0 Å². The lowest BCUT2D eigenvalue weighted by atomic mass is 9.83. The van der Waals surface area contributed by atoms with Gasteiger partial charge in [0.1, 0.15) is 28.1 Å². The molecule has 0 aromatic heterocycles. The Morgan fingerprint density at radius 1 is 1.46 bits per heavy atom. The van der Waals surface area contributed by atoms with E-state index >= 15 is 0 Å². The lowest BCUT2D eigenvalue weighted by Gasteiger charge is -2.27. The second-order valence-corrected chi connectivity index (χ2v) is 7.56. The fraction of sp³-hybridized carbons (Fsp3) is 0.294. The molecule has 0 saturated carbocycles. The summed E-state index contributed by atoms with van der Waals surface area (Å²) >= 11 is 0. The van der Waals surface area contributed by atoms with Crippen LogP contribution in [-0.2, 0) is 24.1 Å². The molecule has 2 rings (SSSR count). The van der Waals surface area contributed by atoms with Crippen LogP contribution in [0.4, 0.5) is 4.39 Å². The van der Waals surface area contributed by atoms with E-state index in [4.69, 9.17) is 15.2 Å². The molecule has 138 valence electrons. The summed E-state index contributed by atoms with van der Waals surface area (Å²) in [5.41, 5.74) is 5.83. The van der Waals surface area contributed by atoms with Gasteiger partial charge in [-0.25, -0.2) is 17.6 Å². The van der Waals surface area contributed by atoms with Gasteiger partial charge < -0.3 is 15.2 Å². The summed E-state index contributed by atoms with van der Waals surface area (Å²) in [4.78, 5) is 11.9. The molecule has 1 unspecified atom stereocenters. The van der Waals surface area contributed by atoms with Gasteiger partial charge in [-0.3, -0.25) is 0 Å². The van der Waals surface area contributed by atoms with Crippen molar-refractivity contribution >= 4 is 15.8 Å². The van der Waals surface area contributed by atoms with Crippen LogP contribution in [0.15, 0.2) is 45.9 Å². The fourth-order valence-electron chi connectivity index (χ4n) is 2.69. The third-order valence-corrected chi connectivity index (χ3v) is 4.92. The minimum Gasteiger partial charge on any atom is -0.463 e. The largest absolute Gasteiger partial charge is 0.463 e. The van der Waals surface area contributed by atoms with E-state index in [0.717, 1.165) is 18.4 Å². The number of halogens is 1. The van der Waals surface area contributed by atoms with Crippen LogP contribution in [0.2, 0.25) is 0 Å². The standard InChI is InChI=1S/C17H17FN2O5S/c1-4-24-17(21)14-9(2)25-16(20)11(8-19)15(14)10-5-6-13(12(18)7-10)26(3,22)23/h5-7,15H,4,20H2,1-3H3. The number of rotatable bonds is 4. The average molecular weight is 380 g/mol. The number of carbonyl (C=O) groups is 1. The lowest BCUT2D eigenvalue weighted by Crippen LogP contribution is -2.25. The number of sulfone groups is 1. The van der Waals surface area contributed by atoms with Gasteiger partial charge in [-0.15, -0.1) is 0 Å². The highest BCUT2D eigenvalue weighted by Gasteiger charge is 2.36. The van der Waals surface area contributed by atoms with Crippen LogP contribution in [0, 0.1) is 17.1 Å². The van der Waals surface area contributed by atoms with E-state index in [9.17, 15) is 22.9 Å². The molecular formula is C17H17FN2O5S. The van der Waals surface area contributed by atoms with Crippen molar-refractivity contribution in [3.63, 3.8) is 0 Å². The number of nitrogens with zero attached hydrogens (tertiary/aromatic N) is 1. The third kappa shape index (κ3) is 3.55. The molecule has 1 aromatic rings. The molecule has 0 spiro atoms. The Labute approximate surface area is 150 Å². The highest BCUT2D eigenvalue weighted by Crippen LogP contribution is 2.40. The molecule has 1 aliphatic rings. The normalized spacial score (nSPS) is 17.6. The molecule has 0 fully saturated rings. The Morgan fingerprint density at radius 2 is 2.12 bits per heavy atom. The monoisotopic (exact) mass is 380 g/mol. The number of nitrogens with two attached hydrogens (primary N) is 1. The van der Waals surface area contributed by atoms with Crippen LogP contribution in [-0.4, -0.2) is 27.2 Å². The molecule has 7 nitrogen and oxygen atoms in total. The lowest BCUT2D eigenvalue weighted by molar-refractivity contribution is -0.139. The first-order valence-corrected chi connectivity index (χ1v) is 9.45. The van der Waals surface area contributed by atoms with E-state index < -0.39 is 32.4 Å². The minimum atomic E-state index is -3.77. The van der Waals surface area contributed by atoms with Crippen LogP contribution in [0.3, 0.4) is 0 Å². The Bertz CT molecular complexity index is 973. The maximum atomic E-state index is 14.3. The topological polar surface area (TPSA) is 119 Å². The average Bonchev–Trinajstić information content (AvgIpc) is 2.52. The van der Waals surface area contributed by atoms with Gasteiger partial charge in [0.15, 0.2) is 9.84 Å². The first-order valence-electron chi connectivity index (χ1n) is 7.56. The van der Waals surface area contributed by atoms with Gasteiger partial charge in [0.05, 0.1) is 18.1 Å². The zero-order valence-corrected chi connectivity index (χ0v) is 15.2. The van der Waals surface area contributed by atoms with Crippen LogP contribution in [0.1, 0.15) is 25.3 Å². The molecule has 26 heavy (non-hydrogen) atoms. The number of hydrogen-bond donors (Lipinski definition) is 1. The van der Waals surface area contributed by atoms with Crippen LogP contribution < -0.4 is 5.73 Å². The van der Waals surface area contributed by atoms with Crippen molar-refractivity contribution in [2.24, 2.45) is 5.73 Å². The number of hydrogen-bond acceptors (Lipinski definition) is 7. The van der Waals surface area contributed by atoms with Crippen LogP contribution in [0.5, 0.6) is 0 Å². The summed E-state index contributed by atoms with van der Waals surface area (Å²) in [5.74, 6) is -2.85. The number of ether oxygens (including phenoxy) is 2. The predicted molar refractivity (Wildman–Crippen MR) is 89.5 cm³/mol. The van der Waals surface area contributed by atoms with Crippen LogP contribution >= 0.6 is 0 Å². The fourth-order valence-corrected chi connectivity index (χ4v) is 3.41. The number of allylic oxidation sites excluding steroid dienone is 2. The summed E-state index contributed by atoms with van der Waals surface area (Å²) in [6, 6.07) is 5.23. The molecule has 0 radical (unpaired) electrons. The van der Waals surface area contributed by atoms with Gasteiger partial charge in [0, 0.05) is 6.26 Å². The van der Waals surface area contributed by atoms with Crippen molar-refractivity contribution in [1.82, 2.24) is 0 Å². The Hall–Kier alpha value is -2.86. The summed E-state index contributed by atoms with van der Waals surface area (Å²) in [7, 11) is -3.77. The maximum absolute atomic E-state index is 14.3. The molecule has 0 amide bonds. The summed E-state index contributed by atoms with van der Waals surface area (Å²) in [6.45, 7) is 3.18. The van der Waals surface area contributed by atoms with E-state index in [2.05, 4.69) is 0 Å². The molecule has 9 heteroatoms. The predicted octanol–water partition coefficient (Wildman–Crippen LogP) is 1.87. The first kappa shape index (κ1) is 19.5. The Morgan fingerprint density at radius 3 is 2.62 bits per heavy atom. The molecule has 1 heterocycles. The summed E-state index contributed by atoms with van der Waals surface area (Å²) in [5, 5.41) is 9.43. The smallest absolute Gasteiger partial charge is 0.338 e. The number of nitriles is 1. The molecule has 2 N–H and O–H groups in total. The summed E-state index contributed by atoms with van der Waals surface area (Å²) in [6.07, 6.45) is 0.881. The van der Waals surface area contributed by atoms with Gasteiger partial charge in [0.25, 0.3) is 0 Å². The van der Waals surface area contributed by atoms with Gasteiger partial charge >= 0.3 is 5.97 Å². The molecule has 0 bridgehead atoms. The maximum Gasteiger partial charge on any atom is 0.338 e. The quantitative estimate of drug-likeness (QED) is 0.792. The molecule has 0 saturated heterocycles. The third-order valence-electron chi connectivity index (χ3n) is 3.79. The van der Waals surface area contributed by atoms with Crippen molar-refractivity contribution in [1.29, 1.82) is 5.26 Å². The van der Waals surface area contributed by atoms with Gasteiger partial charge in [-0.05, 0) is 31.5 Å². The highest BCUT2D eigenvalue weighted by molar-refractivity contribution is 7.90. The van der Waals surface area contributed by atoms with E-state index in [-0.39, 0.29) is 35.0 Å². The van der Waals surface area contributed by atoms with Crippen molar-refractivity contribution in [3.05, 3.63) is 52.4 Å². The number of benzene rings is 1. The van der Waals surface area contributed by atoms with Gasteiger partial charge in [-0.2, -0.15) is 5.26 Å². The second-order valence-electron chi connectivity index (χ2n) is 5.58. The number of carbonyl (C=O) groups excluding carboxylic acids is 1. The molecule has 1 atom stereocenters. The molecule has 1 aromatic carbocycles.